The Balaban J connectivity index is 2.34. The fraction of sp³-hybridized carbons (Fsp3) is 1.00. The highest BCUT2D eigenvalue weighted by Crippen LogP contribution is 1.76. The second kappa shape index (κ2) is 5.19. The van der Waals surface area contributed by atoms with Gasteiger partial charge in [0.15, 0.2) is 0 Å². The molecule has 0 bridgehead atoms. The monoisotopic (exact) mass is 111 g/mol. The minimum Gasteiger partial charge on any atom is -0.170 e. The average molecular weight is 111 g/mol. The SMILES string of the molecule is CNOOOS. The van der Waals surface area contributed by atoms with Crippen LogP contribution in [0.4, 0.5) is 0 Å². The van der Waals surface area contributed by atoms with Crippen molar-refractivity contribution in [2.24, 2.45) is 0 Å². The van der Waals surface area contributed by atoms with Crippen LogP contribution in [-0.4, -0.2) is 7.05 Å². The molecular formula is CH5NO3S. The van der Waals surface area contributed by atoms with Gasteiger partial charge in [-0.3, -0.25) is 0 Å². The Hall–Kier alpha value is 0.190. The van der Waals surface area contributed by atoms with E-state index in [1.54, 1.807) is 0 Å². The second-order valence-electron chi connectivity index (χ2n) is 0.430. The standard InChI is InChI=1S/CH5NO3S/c1-2-3-4-5-6/h2,6H,1H3. The Morgan fingerprint density at radius 2 is 2.33 bits per heavy atom. The van der Waals surface area contributed by atoms with Crippen molar-refractivity contribution in [2.45, 2.75) is 0 Å². The summed E-state index contributed by atoms with van der Waals surface area (Å²) in [6, 6.07) is 0. The molecule has 0 aromatic rings. The van der Waals surface area contributed by atoms with E-state index in [4.69, 9.17) is 0 Å². The Labute approximate surface area is 40.8 Å². The molecule has 0 heterocycles. The molecule has 0 saturated carbocycles. The molecule has 0 aliphatic heterocycles. The summed E-state index contributed by atoms with van der Waals surface area (Å²) in [4.78, 5) is 3.93. The molecule has 0 unspecified atom stereocenters. The van der Waals surface area contributed by atoms with Crippen LogP contribution in [0.5, 0.6) is 0 Å². The lowest BCUT2D eigenvalue weighted by molar-refractivity contribution is -0.482. The van der Waals surface area contributed by atoms with Crippen molar-refractivity contribution in [3.63, 3.8) is 0 Å². The number of hydrogen-bond donors (Lipinski definition) is 2. The molecule has 0 aromatic carbocycles. The van der Waals surface area contributed by atoms with Gasteiger partial charge in [-0.2, -0.15) is 5.48 Å². The van der Waals surface area contributed by atoms with Crippen LogP contribution in [0.1, 0.15) is 0 Å². The first-order valence-corrected chi connectivity index (χ1v) is 1.59. The zero-order valence-corrected chi connectivity index (χ0v) is 4.07. The highest BCUT2D eigenvalue weighted by Gasteiger charge is 1.71. The molecule has 1 N–H and O–H groups in total. The van der Waals surface area contributed by atoms with Gasteiger partial charge in [-0.05, 0) is 5.04 Å². The normalized spacial score (nSPS) is 9.00. The van der Waals surface area contributed by atoms with Crippen LogP contribution < -0.4 is 5.48 Å². The number of hydroxylamine groups is 1. The predicted octanol–water partition coefficient (Wildman–Crippen LogP) is -0.155. The van der Waals surface area contributed by atoms with Gasteiger partial charge < -0.3 is 0 Å². The lowest BCUT2D eigenvalue weighted by Gasteiger charge is -1.89. The molecule has 0 rings (SSSR count). The molecule has 0 saturated heterocycles. The van der Waals surface area contributed by atoms with Crippen molar-refractivity contribution < 1.29 is 14.4 Å². The fourth-order valence-electron chi connectivity index (χ4n) is 0.0492. The van der Waals surface area contributed by atoms with Crippen molar-refractivity contribution in [3.8, 4) is 0 Å². The van der Waals surface area contributed by atoms with E-state index in [9.17, 15) is 0 Å². The quantitative estimate of drug-likeness (QED) is 0.175. The summed E-state index contributed by atoms with van der Waals surface area (Å²) >= 11 is 3.17. The Morgan fingerprint density at radius 3 is 2.50 bits per heavy atom. The van der Waals surface area contributed by atoms with Crippen LogP contribution >= 0.6 is 12.9 Å². The zero-order chi connectivity index (χ0) is 4.83. The van der Waals surface area contributed by atoms with Gasteiger partial charge in [0.05, 0.1) is 0 Å². The predicted molar refractivity (Wildman–Crippen MR) is 21.3 cm³/mol. The maximum Gasteiger partial charge on any atom is 0.0182 e. The van der Waals surface area contributed by atoms with Crippen LogP contribution in [-0.2, 0) is 14.4 Å². The topological polar surface area (TPSA) is 39.7 Å². The van der Waals surface area contributed by atoms with E-state index in [-0.39, 0.29) is 0 Å². The van der Waals surface area contributed by atoms with E-state index >= 15 is 0 Å². The van der Waals surface area contributed by atoms with E-state index in [0.29, 0.717) is 0 Å². The zero-order valence-electron chi connectivity index (χ0n) is 3.17. The third kappa shape index (κ3) is 4.19. The molecule has 0 fully saturated rings. The molecule has 0 aliphatic rings. The molecule has 0 amide bonds. The minimum atomic E-state index is 1.52. The maximum atomic E-state index is 3.93. The average Bonchev–Trinajstić information content (AvgIpc) is 1.61. The van der Waals surface area contributed by atoms with Gasteiger partial charge in [0.2, 0.25) is 0 Å². The maximum absolute atomic E-state index is 3.93. The van der Waals surface area contributed by atoms with Gasteiger partial charge in [0.1, 0.15) is 0 Å². The molecule has 5 heteroatoms. The number of rotatable bonds is 3. The second-order valence-corrected chi connectivity index (χ2v) is 0.579. The van der Waals surface area contributed by atoms with Gasteiger partial charge in [-0.25, -0.2) is 0 Å². The first-order chi connectivity index (χ1) is 2.91. The summed E-state index contributed by atoms with van der Waals surface area (Å²) in [7, 11) is 1.52. The summed E-state index contributed by atoms with van der Waals surface area (Å²) in [5.41, 5.74) is 2.17. The number of nitrogens with one attached hydrogen (secondary N) is 1. The van der Waals surface area contributed by atoms with Crippen molar-refractivity contribution in [3.05, 3.63) is 0 Å². The van der Waals surface area contributed by atoms with Crippen LogP contribution in [0.2, 0.25) is 0 Å². The summed E-state index contributed by atoms with van der Waals surface area (Å²) in [6.07, 6.45) is 0. The molecule has 6 heavy (non-hydrogen) atoms. The van der Waals surface area contributed by atoms with Crippen LogP contribution in [0, 0.1) is 0 Å². The van der Waals surface area contributed by atoms with E-state index in [0.717, 1.165) is 0 Å². The molecular weight excluding hydrogens is 106 g/mol. The molecule has 0 aromatic heterocycles. The van der Waals surface area contributed by atoms with Gasteiger partial charge >= 0.3 is 0 Å². The van der Waals surface area contributed by atoms with Gasteiger partial charge in [0.25, 0.3) is 0 Å². The first-order valence-electron chi connectivity index (χ1n) is 1.22. The first kappa shape index (κ1) is 6.19. The van der Waals surface area contributed by atoms with Crippen LogP contribution in [0.15, 0.2) is 0 Å². The van der Waals surface area contributed by atoms with E-state index in [2.05, 4.69) is 32.8 Å². The fourth-order valence-corrected chi connectivity index (χ4v) is 0.0797. The minimum absolute atomic E-state index is 1.52. The Bertz CT molecular complexity index is 22.8. The molecule has 0 spiro atoms. The summed E-state index contributed by atoms with van der Waals surface area (Å²) in [5, 5.41) is 3.74. The Morgan fingerprint density at radius 1 is 1.67 bits per heavy atom. The largest absolute Gasteiger partial charge is 0.170 e. The smallest absolute Gasteiger partial charge is 0.0182 e. The summed E-state index contributed by atoms with van der Waals surface area (Å²) in [5.74, 6) is 0. The summed E-state index contributed by atoms with van der Waals surface area (Å²) < 4.78 is 3.69. The van der Waals surface area contributed by atoms with Gasteiger partial charge in [0, 0.05) is 20.0 Å². The van der Waals surface area contributed by atoms with Crippen molar-refractivity contribution >= 4 is 12.9 Å². The highest BCUT2D eigenvalue weighted by atomic mass is 32.1. The van der Waals surface area contributed by atoms with Crippen LogP contribution in [0.3, 0.4) is 0 Å². The summed E-state index contributed by atoms with van der Waals surface area (Å²) in [6.45, 7) is 0. The molecule has 38 valence electrons. The lowest BCUT2D eigenvalue weighted by Crippen LogP contribution is -2.05. The van der Waals surface area contributed by atoms with E-state index < -0.39 is 0 Å². The molecule has 0 atom stereocenters. The van der Waals surface area contributed by atoms with Crippen molar-refractivity contribution in [1.82, 2.24) is 5.48 Å². The lowest BCUT2D eigenvalue weighted by atomic mass is 11.6. The number of hydrogen-bond acceptors (Lipinski definition) is 5. The Kier molecular flexibility index (Phi) is 5.35. The van der Waals surface area contributed by atoms with E-state index in [1.165, 1.54) is 7.05 Å². The molecule has 0 radical (unpaired) electrons. The van der Waals surface area contributed by atoms with Crippen LogP contribution in [0.25, 0.3) is 0 Å². The van der Waals surface area contributed by atoms with Gasteiger partial charge in [-0.15, -0.1) is 9.32 Å². The highest BCUT2D eigenvalue weighted by molar-refractivity contribution is 7.74. The van der Waals surface area contributed by atoms with Gasteiger partial charge in [-0.1, -0.05) is 0 Å². The molecule has 4 nitrogen and oxygen atoms in total. The van der Waals surface area contributed by atoms with Crippen molar-refractivity contribution in [2.75, 3.05) is 7.05 Å². The third-order valence-electron chi connectivity index (χ3n) is 0.148. The molecule has 0 aliphatic carbocycles. The number of thiol groups is 1. The van der Waals surface area contributed by atoms with E-state index in [1.807, 2.05) is 0 Å². The third-order valence-corrected chi connectivity index (χ3v) is 0.209. The van der Waals surface area contributed by atoms with Crippen molar-refractivity contribution in [1.29, 1.82) is 0 Å².